The van der Waals surface area contributed by atoms with Gasteiger partial charge in [0.15, 0.2) is 0 Å². The minimum atomic E-state index is -0.198. The highest BCUT2D eigenvalue weighted by atomic mass is 16.5. The van der Waals surface area contributed by atoms with Crippen LogP contribution in [0.15, 0.2) is 85.2 Å². The van der Waals surface area contributed by atoms with Gasteiger partial charge in [-0.15, -0.1) is 0 Å². The summed E-state index contributed by atoms with van der Waals surface area (Å²) in [5.74, 6) is 1.24. The van der Waals surface area contributed by atoms with Crippen molar-refractivity contribution in [2.45, 2.75) is 25.4 Å². The molecule has 0 aliphatic carbocycles. The Morgan fingerprint density at radius 2 is 1.56 bits per heavy atom. The fourth-order valence-corrected chi connectivity index (χ4v) is 4.32. The third kappa shape index (κ3) is 3.54. The van der Waals surface area contributed by atoms with E-state index in [9.17, 15) is 4.79 Å². The smallest absolute Gasteiger partial charge is 0.261 e. The second-order valence-corrected chi connectivity index (χ2v) is 8.00. The molecule has 5 rings (SSSR count). The molecule has 2 heterocycles. The molecule has 6 heteroatoms. The van der Waals surface area contributed by atoms with Crippen LogP contribution in [0.2, 0.25) is 0 Å². The molecule has 0 spiro atoms. The first kappa shape index (κ1) is 20.0. The number of carbonyl (C=O) groups excluding carboxylic acids is 1. The largest absolute Gasteiger partial charge is 0.497 e. The SMILES string of the molecule is COc1ccc([C@@H]2C[C@@H](c3ccc(C)cc3)n3ncnc3N2C(=O)c2ccccc2)cc1. The van der Waals surface area contributed by atoms with Crippen molar-refractivity contribution in [2.24, 2.45) is 0 Å². The number of rotatable bonds is 4. The predicted molar refractivity (Wildman–Crippen MR) is 123 cm³/mol. The van der Waals surface area contributed by atoms with Gasteiger partial charge in [-0.3, -0.25) is 9.69 Å². The Kier molecular flexibility index (Phi) is 5.19. The van der Waals surface area contributed by atoms with Gasteiger partial charge in [0, 0.05) is 5.56 Å². The van der Waals surface area contributed by atoms with Crippen LogP contribution < -0.4 is 9.64 Å². The van der Waals surface area contributed by atoms with Crippen molar-refractivity contribution < 1.29 is 9.53 Å². The number of hydrogen-bond acceptors (Lipinski definition) is 4. The number of methoxy groups -OCH3 is 1. The lowest BCUT2D eigenvalue weighted by molar-refractivity contribution is 0.0963. The van der Waals surface area contributed by atoms with E-state index in [1.165, 1.54) is 11.9 Å². The van der Waals surface area contributed by atoms with E-state index >= 15 is 0 Å². The van der Waals surface area contributed by atoms with Crippen molar-refractivity contribution in [2.75, 3.05) is 12.0 Å². The number of benzene rings is 3. The standard InChI is InChI=1S/C26H24N4O2/c1-18-8-10-20(11-9-18)24-16-23(19-12-14-22(32-2)15-13-19)29(26-27-17-28-30(24)26)25(31)21-6-4-3-5-7-21/h3-15,17,23-24H,16H2,1-2H3/t23-,24-/m0/s1. The molecule has 3 aromatic carbocycles. The molecule has 0 radical (unpaired) electrons. The van der Waals surface area contributed by atoms with Crippen molar-refractivity contribution in [1.82, 2.24) is 14.8 Å². The van der Waals surface area contributed by atoms with E-state index < -0.39 is 0 Å². The Morgan fingerprint density at radius 3 is 2.25 bits per heavy atom. The van der Waals surface area contributed by atoms with Crippen LogP contribution in [-0.2, 0) is 0 Å². The summed E-state index contributed by atoms with van der Waals surface area (Å²) in [6.45, 7) is 2.08. The molecule has 2 atom stereocenters. The molecule has 6 nitrogen and oxygen atoms in total. The van der Waals surface area contributed by atoms with Crippen molar-refractivity contribution in [3.8, 4) is 5.75 Å². The maximum Gasteiger partial charge on any atom is 0.261 e. The van der Waals surface area contributed by atoms with E-state index in [1.54, 1.807) is 12.0 Å². The molecule has 0 fully saturated rings. The second kappa shape index (κ2) is 8.30. The molecule has 4 aromatic rings. The molecule has 160 valence electrons. The van der Waals surface area contributed by atoms with E-state index in [4.69, 9.17) is 4.74 Å². The average Bonchev–Trinajstić information content (AvgIpc) is 3.34. The second-order valence-electron chi connectivity index (χ2n) is 8.00. The molecule has 1 aliphatic rings. The van der Waals surface area contributed by atoms with E-state index in [0.717, 1.165) is 16.9 Å². The summed E-state index contributed by atoms with van der Waals surface area (Å²) in [7, 11) is 1.65. The van der Waals surface area contributed by atoms with Crippen LogP contribution in [0, 0.1) is 6.92 Å². The third-order valence-corrected chi connectivity index (χ3v) is 6.03. The van der Waals surface area contributed by atoms with Gasteiger partial charge in [-0.25, -0.2) is 4.68 Å². The monoisotopic (exact) mass is 424 g/mol. The summed E-state index contributed by atoms with van der Waals surface area (Å²) in [4.78, 5) is 20.0. The number of aryl methyl sites for hydroxylation is 1. The number of amides is 1. The van der Waals surface area contributed by atoms with Gasteiger partial charge in [0.25, 0.3) is 5.91 Å². The quantitative estimate of drug-likeness (QED) is 0.464. The summed E-state index contributed by atoms with van der Waals surface area (Å²) in [6.07, 6.45) is 2.21. The Morgan fingerprint density at radius 1 is 0.906 bits per heavy atom. The summed E-state index contributed by atoms with van der Waals surface area (Å²) < 4.78 is 7.21. The summed E-state index contributed by atoms with van der Waals surface area (Å²) in [5, 5.41) is 4.51. The molecular formula is C26H24N4O2. The molecule has 0 saturated carbocycles. The van der Waals surface area contributed by atoms with Gasteiger partial charge in [-0.05, 0) is 48.7 Å². The Bertz CT molecular complexity index is 1220. The molecule has 0 bridgehead atoms. The summed E-state index contributed by atoms with van der Waals surface area (Å²) in [5.41, 5.74) is 4.00. The zero-order valence-electron chi connectivity index (χ0n) is 18.1. The zero-order chi connectivity index (χ0) is 22.1. The van der Waals surface area contributed by atoms with Gasteiger partial charge < -0.3 is 4.74 Å². The molecule has 1 aromatic heterocycles. The summed E-state index contributed by atoms with van der Waals surface area (Å²) in [6, 6.07) is 25.5. The highest BCUT2D eigenvalue weighted by Gasteiger charge is 2.39. The first-order chi connectivity index (χ1) is 15.7. The van der Waals surface area contributed by atoms with Crippen LogP contribution in [0.25, 0.3) is 0 Å². The molecule has 0 saturated heterocycles. The number of aromatic nitrogens is 3. The lowest BCUT2D eigenvalue weighted by Gasteiger charge is -2.39. The molecular weight excluding hydrogens is 400 g/mol. The average molecular weight is 425 g/mol. The summed E-state index contributed by atoms with van der Waals surface area (Å²) >= 11 is 0. The van der Waals surface area contributed by atoms with Crippen molar-refractivity contribution in [3.05, 3.63) is 107 Å². The van der Waals surface area contributed by atoms with Gasteiger partial charge in [0.2, 0.25) is 5.95 Å². The molecule has 1 aliphatic heterocycles. The number of carbonyl (C=O) groups is 1. The van der Waals surface area contributed by atoms with E-state index in [2.05, 4.69) is 41.3 Å². The van der Waals surface area contributed by atoms with Crippen LogP contribution in [0.4, 0.5) is 5.95 Å². The van der Waals surface area contributed by atoms with E-state index in [-0.39, 0.29) is 18.0 Å². The number of hydrogen-bond donors (Lipinski definition) is 0. The van der Waals surface area contributed by atoms with Gasteiger partial charge >= 0.3 is 0 Å². The molecule has 1 amide bonds. The molecule has 0 unspecified atom stereocenters. The third-order valence-electron chi connectivity index (χ3n) is 6.03. The van der Waals surface area contributed by atoms with E-state index in [0.29, 0.717) is 17.9 Å². The highest BCUT2D eigenvalue weighted by molar-refractivity contribution is 6.05. The number of anilines is 1. The van der Waals surface area contributed by atoms with Crippen LogP contribution in [0.1, 0.15) is 45.6 Å². The topological polar surface area (TPSA) is 60.2 Å². The highest BCUT2D eigenvalue weighted by Crippen LogP contribution is 2.42. The minimum Gasteiger partial charge on any atom is -0.497 e. The minimum absolute atomic E-state index is 0.0278. The Labute approximate surface area is 187 Å². The van der Waals surface area contributed by atoms with Crippen LogP contribution in [-0.4, -0.2) is 27.8 Å². The van der Waals surface area contributed by atoms with Gasteiger partial charge in [-0.2, -0.15) is 10.1 Å². The normalized spacial score (nSPS) is 17.6. The van der Waals surface area contributed by atoms with Crippen LogP contribution in [0.3, 0.4) is 0 Å². The molecule has 0 N–H and O–H groups in total. The lowest BCUT2D eigenvalue weighted by atomic mass is 9.91. The number of fused-ring (bicyclic) bond motifs is 1. The van der Waals surface area contributed by atoms with Gasteiger partial charge in [-0.1, -0.05) is 60.2 Å². The lowest BCUT2D eigenvalue weighted by Crippen LogP contribution is -2.42. The molecule has 32 heavy (non-hydrogen) atoms. The van der Waals surface area contributed by atoms with Crippen LogP contribution in [0.5, 0.6) is 5.75 Å². The first-order valence-corrected chi connectivity index (χ1v) is 10.6. The predicted octanol–water partition coefficient (Wildman–Crippen LogP) is 4.98. The zero-order valence-corrected chi connectivity index (χ0v) is 18.1. The fraction of sp³-hybridized carbons (Fsp3) is 0.192. The Hall–Kier alpha value is -3.93. The number of ether oxygens (including phenoxy) is 1. The van der Waals surface area contributed by atoms with Gasteiger partial charge in [0.1, 0.15) is 12.1 Å². The van der Waals surface area contributed by atoms with Crippen molar-refractivity contribution in [3.63, 3.8) is 0 Å². The van der Waals surface area contributed by atoms with E-state index in [1.807, 2.05) is 59.3 Å². The first-order valence-electron chi connectivity index (χ1n) is 10.6. The maximum atomic E-state index is 13.7. The Balaban J connectivity index is 1.63. The van der Waals surface area contributed by atoms with Crippen molar-refractivity contribution in [1.29, 1.82) is 0 Å². The van der Waals surface area contributed by atoms with Gasteiger partial charge in [0.05, 0.1) is 19.2 Å². The fourth-order valence-electron chi connectivity index (χ4n) is 4.32. The maximum absolute atomic E-state index is 13.7. The van der Waals surface area contributed by atoms with Crippen molar-refractivity contribution >= 4 is 11.9 Å². The van der Waals surface area contributed by atoms with Crippen LogP contribution >= 0.6 is 0 Å². The number of nitrogens with zero attached hydrogens (tertiary/aromatic N) is 4.